The molecule has 0 atom stereocenters. The smallest absolute Gasteiger partial charge is 0.0811 e. The molecule has 25 heavy (non-hydrogen) atoms. The number of unbranched alkanes of at least 4 members (excludes halogenated alkanes) is 21. The van der Waals surface area contributed by atoms with Crippen molar-refractivity contribution in [2.24, 2.45) is 0 Å². The predicted molar refractivity (Wildman–Crippen MR) is 121 cm³/mol. The van der Waals surface area contributed by atoms with Gasteiger partial charge in [-0.1, -0.05) is 155 Å². The number of hydrogen-bond acceptors (Lipinski definition) is 0. The van der Waals surface area contributed by atoms with E-state index in [1.165, 1.54) is 148 Å². The third-order valence-electron chi connectivity index (χ3n) is 5.71. The minimum Gasteiger partial charge on any atom is -0.0811 e. The zero-order valence-electron chi connectivity index (χ0n) is 18.3. The summed E-state index contributed by atoms with van der Waals surface area (Å²) in [7, 11) is 2.30. The van der Waals surface area contributed by atoms with Crippen LogP contribution in [0.3, 0.4) is 0 Å². The molecule has 0 saturated heterocycles. The van der Waals surface area contributed by atoms with Crippen molar-refractivity contribution in [2.45, 2.75) is 155 Å². The highest BCUT2D eigenvalue weighted by Gasteiger charge is 1.95. The quantitative estimate of drug-likeness (QED) is 0.135. The SMILES string of the molecule is BCCCCCCCCCCCCCCCCCCCCCCCC. The van der Waals surface area contributed by atoms with Gasteiger partial charge in [0, 0.05) is 0 Å². The molecule has 0 fully saturated rings. The third kappa shape index (κ3) is 24.1. The first-order valence-corrected chi connectivity index (χ1v) is 12.4. The van der Waals surface area contributed by atoms with Crippen molar-refractivity contribution < 1.29 is 0 Å². The second kappa shape index (κ2) is 24.1. The molecule has 0 unspecified atom stereocenters. The summed E-state index contributed by atoms with van der Waals surface area (Å²) in [5, 5.41) is 0. The van der Waals surface area contributed by atoms with E-state index in [0.29, 0.717) is 0 Å². The van der Waals surface area contributed by atoms with E-state index in [4.69, 9.17) is 0 Å². The highest BCUT2D eigenvalue weighted by atomic mass is 14.0. The fourth-order valence-electron chi connectivity index (χ4n) is 3.86. The summed E-state index contributed by atoms with van der Waals surface area (Å²) in [4.78, 5) is 0. The van der Waals surface area contributed by atoms with E-state index in [1.54, 1.807) is 0 Å². The molecule has 0 radical (unpaired) electrons. The Morgan fingerprint density at radius 1 is 0.320 bits per heavy atom. The summed E-state index contributed by atoms with van der Waals surface area (Å²) in [6.45, 7) is 2.30. The van der Waals surface area contributed by atoms with E-state index in [1.807, 2.05) is 0 Å². The maximum Gasteiger partial charge on any atom is 0.101 e. The molecule has 0 bridgehead atoms. The maximum absolute atomic E-state index is 2.30. The van der Waals surface area contributed by atoms with Gasteiger partial charge in [-0.15, -0.1) is 0 Å². The van der Waals surface area contributed by atoms with Crippen LogP contribution in [0.4, 0.5) is 0 Å². The van der Waals surface area contributed by atoms with Crippen LogP contribution in [0.25, 0.3) is 0 Å². The highest BCUT2D eigenvalue weighted by molar-refractivity contribution is 6.08. The lowest BCUT2D eigenvalue weighted by Crippen LogP contribution is -1.84. The van der Waals surface area contributed by atoms with Crippen molar-refractivity contribution in [3.63, 3.8) is 0 Å². The van der Waals surface area contributed by atoms with Gasteiger partial charge in [0.25, 0.3) is 0 Å². The lowest BCUT2D eigenvalue weighted by Gasteiger charge is -2.04. The summed E-state index contributed by atoms with van der Waals surface area (Å²) in [5.41, 5.74) is 0. The monoisotopic (exact) mass is 350 g/mol. The van der Waals surface area contributed by atoms with Crippen LogP contribution in [0.5, 0.6) is 0 Å². The van der Waals surface area contributed by atoms with Crippen LogP contribution in [0, 0.1) is 0 Å². The molecule has 1 heteroatoms. The molecule has 0 aliphatic heterocycles. The summed E-state index contributed by atoms with van der Waals surface area (Å²) < 4.78 is 0. The van der Waals surface area contributed by atoms with Crippen LogP contribution < -0.4 is 0 Å². The first kappa shape index (κ1) is 25.1. The average Bonchev–Trinajstić information content (AvgIpc) is 2.63. The Balaban J connectivity index is 2.94. The van der Waals surface area contributed by atoms with Crippen molar-refractivity contribution in [3.05, 3.63) is 0 Å². The van der Waals surface area contributed by atoms with Gasteiger partial charge < -0.3 is 0 Å². The highest BCUT2D eigenvalue weighted by Crippen LogP contribution is 2.15. The molecule has 0 amide bonds. The molecule has 0 N–H and O–H groups in total. The number of hydrogen-bond donors (Lipinski definition) is 0. The second-order valence-electron chi connectivity index (χ2n) is 8.42. The zero-order valence-corrected chi connectivity index (χ0v) is 18.3. The van der Waals surface area contributed by atoms with Gasteiger partial charge in [0.05, 0.1) is 0 Å². The Morgan fingerprint density at radius 2 is 0.520 bits per heavy atom. The van der Waals surface area contributed by atoms with Crippen molar-refractivity contribution in [2.75, 3.05) is 0 Å². The minimum absolute atomic E-state index is 1.37. The van der Waals surface area contributed by atoms with Crippen LogP contribution in [0.2, 0.25) is 6.32 Å². The molecule has 0 aromatic carbocycles. The van der Waals surface area contributed by atoms with Crippen LogP contribution in [-0.4, -0.2) is 7.85 Å². The first-order chi connectivity index (χ1) is 12.4. The van der Waals surface area contributed by atoms with Gasteiger partial charge in [-0.25, -0.2) is 0 Å². The predicted octanol–water partition coefficient (Wildman–Crippen LogP) is 8.64. The minimum atomic E-state index is 1.37. The van der Waals surface area contributed by atoms with Crippen LogP contribution in [-0.2, 0) is 0 Å². The number of rotatable bonds is 22. The molecule has 0 aliphatic carbocycles. The molecular formula is C24H51B. The molecule has 0 aromatic rings. The lowest BCUT2D eigenvalue weighted by atomic mass is 9.98. The third-order valence-corrected chi connectivity index (χ3v) is 5.71. The van der Waals surface area contributed by atoms with Crippen molar-refractivity contribution in [1.82, 2.24) is 0 Å². The molecule has 0 nitrogen and oxygen atoms in total. The second-order valence-corrected chi connectivity index (χ2v) is 8.42. The van der Waals surface area contributed by atoms with Gasteiger partial charge in [0.1, 0.15) is 7.85 Å². The molecule has 0 saturated carbocycles. The Morgan fingerprint density at radius 3 is 0.720 bits per heavy atom. The van der Waals surface area contributed by atoms with E-state index >= 15 is 0 Å². The molecule has 150 valence electrons. The van der Waals surface area contributed by atoms with Gasteiger partial charge in [-0.3, -0.25) is 0 Å². The molecule has 0 spiro atoms. The Labute approximate surface area is 162 Å². The maximum atomic E-state index is 2.30. The fraction of sp³-hybridized carbons (Fsp3) is 1.00. The molecular weight excluding hydrogens is 299 g/mol. The summed E-state index contributed by atoms with van der Waals surface area (Å²) in [6, 6.07) is 0. The molecule has 0 heterocycles. The Hall–Kier alpha value is 0.0649. The van der Waals surface area contributed by atoms with Gasteiger partial charge in [0.2, 0.25) is 0 Å². The summed E-state index contributed by atoms with van der Waals surface area (Å²) >= 11 is 0. The topological polar surface area (TPSA) is 0 Å². The van der Waals surface area contributed by atoms with Crippen LogP contribution in [0.1, 0.15) is 148 Å². The van der Waals surface area contributed by atoms with Gasteiger partial charge in [0.15, 0.2) is 0 Å². The zero-order chi connectivity index (χ0) is 18.3. The fourth-order valence-corrected chi connectivity index (χ4v) is 3.86. The average molecular weight is 350 g/mol. The van der Waals surface area contributed by atoms with Crippen molar-refractivity contribution in [3.8, 4) is 0 Å². The Bertz CT molecular complexity index is 192. The van der Waals surface area contributed by atoms with Gasteiger partial charge in [-0.05, 0) is 0 Å². The molecule has 0 aliphatic rings. The van der Waals surface area contributed by atoms with E-state index < -0.39 is 0 Å². The Kier molecular flexibility index (Phi) is 24.1. The summed E-state index contributed by atoms with van der Waals surface area (Å²) in [5.74, 6) is 0. The molecule has 0 rings (SSSR count). The largest absolute Gasteiger partial charge is 0.101 e. The van der Waals surface area contributed by atoms with E-state index in [0.717, 1.165) is 0 Å². The van der Waals surface area contributed by atoms with Crippen molar-refractivity contribution in [1.29, 1.82) is 0 Å². The van der Waals surface area contributed by atoms with Gasteiger partial charge in [-0.2, -0.15) is 0 Å². The van der Waals surface area contributed by atoms with Gasteiger partial charge >= 0.3 is 0 Å². The van der Waals surface area contributed by atoms with E-state index in [9.17, 15) is 0 Å². The van der Waals surface area contributed by atoms with Crippen molar-refractivity contribution >= 4 is 7.85 Å². The van der Waals surface area contributed by atoms with Crippen LogP contribution in [0.15, 0.2) is 0 Å². The van der Waals surface area contributed by atoms with Crippen LogP contribution >= 0.6 is 0 Å². The standard InChI is InChI=1S/C24H51B/c1-2-3-4-5-6-7-8-9-10-11-12-13-14-15-16-17-18-19-20-21-22-23-24-25/h2-25H2,1H3. The lowest BCUT2D eigenvalue weighted by molar-refractivity contribution is 0.520. The summed E-state index contributed by atoms with van der Waals surface area (Å²) in [6.07, 6.45) is 33.9. The van der Waals surface area contributed by atoms with E-state index in [2.05, 4.69) is 14.8 Å². The molecule has 0 aromatic heterocycles. The first-order valence-electron chi connectivity index (χ1n) is 12.4. The van der Waals surface area contributed by atoms with E-state index in [-0.39, 0.29) is 0 Å². The normalized spacial score (nSPS) is 11.2.